The van der Waals surface area contributed by atoms with Gasteiger partial charge in [0.05, 0.1) is 22.1 Å². The van der Waals surface area contributed by atoms with E-state index in [-0.39, 0.29) is 0 Å². The minimum absolute atomic E-state index is 0.606. The van der Waals surface area contributed by atoms with Crippen LogP contribution in [0.4, 0.5) is 0 Å². The van der Waals surface area contributed by atoms with Gasteiger partial charge in [-0.15, -0.1) is 0 Å². The van der Waals surface area contributed by atoms with E-state index in [1.54, 1.807) is 0 Å². The van der Waals surface area contributed by atoms with E-state index in [0.717, 1.165) is 102 Å². The van der Waals surface area contributed by atoms with Gasteiger partial charge in [0.2, 0.25) is 0 Å². The molecule has 1 aliphatic rings. The zero-order valence-corrected chi connectivity index (χ0v) is 47.7. The van der Waals surface area contributed by atoms with Crippen LogP contribution in [0.15, 0.2) is 291 Å². The van der Waals surface area contributed by atoms with Crippen LogP contribution in [0.3, 0.4) is 0 Å². The molecule has 0 N–H and O–H groups in total. The van der Waals surface area contributed by atoms with Crippen molar-refractivity contribution in [2.75, 3.05) is 0 Å². The van der Waals surface area contributed by atoms with Gasteiger partial charge in [-0.05, 0) is 118 Å². The first-order valence-corrected chi connectivity index (χ1v) is 29.9. The first kappa shape index (κ1) is 50.7. The second-order valence-corrected chi connectivity index (χ2v) is 22.6. The quantitative estimate of drug-likeness (QED) is 0.136. The first-order valence-electron chi connectivity index (χ1n) is 29.9. The molecule has 1 aliphatic carbocycles. The van der Waals surface area contributed by atoms with E-state index in [4.69, 9.17) is 29.9 Å². The molecule has 8 heteroatoms. The molecule has 0 aliphatic heterocycles. The highest BCUT2D eigenvalue weighted by atomic mass is 15.1. The molecule has 0 spiro atoms. The Balaban J connectivity index is 0.803. The summed E-state index contributed by atoms with van der Waals surface area (Å²) in [5, 5.41) is 4.81. The van der Waals surface area contributed by atoms with E-state index in [0.29, 0.717) is 34.9 Å². The minimum Gasteiger partial charge on any atom is -0.309 e. The molecule has 0 saturated heterocycles. The fraction of sp³-hybridized carbons (Fsp3) is 0.0250. The number of rotatable bonds is 10. The molecular weight excluding hydrogens is 1070 g/mol. The Labute approximate surface area is 508 Å². The van der Waals surface area contributed by atoms with E-state index >= 15 is 0 Å². The topological polar surface area (TPSA) is 87.2 Å². The van der Waals surface area contributed by atoms with Crippen molar-refractivity contribution in [1.29, 1.82) is 0 Å². The Morgan fingerprint density at radius 1 is 0.205 bits per heavy atom. The molecule has 0 amide bonds. The third kappa shape index (κ3) is 8.93. The third-order valence-electron chi connectivity index (χ3n) is 17.3. The maximum absolute atomic E-state index is 5.26. The lowest BCUT2D eigenvalue weighted by Crippen LogP contribution is -2.05. The number of fused-ring (bicyclic) bond motifs is 9. The van der Waals surface area contributed by atoms with Crippen LogP contribution in [0.1, 0.15) is 11.1 Å². The average Bonchev–Trinajstić information content (AvgIpc) is 3.46. The predicted molar refractivity (Wildman–Crippen MR) is 358 cm³/mol. The Kier molecular flexibility index (Phi) is 12.2. The summed E-state index contributed by atoms with van der Waals surface area (Å²) in [5.41, 5.74) is 21.6. The van der Waals surface area contributed by atoms with Crippen molar-refractivity contribution >= 4 is 43.6 Å². The normalized spacial score (nSPS) is 12.0. The first-order chi connectivity index (χ1) is 43.6. The summed E-state index contributed by atoms with van der Waals surface area (Å²) in [4.78, 5) is 31.1. The molecule has 0 radical (unpaired) electrons. The lowest BCUT2D eigenvalue weighted by molar-refractivity contribution is 0.943. The van der Waals surface area contributed by atoms with Gasteiger partial charge in [-0.3, -0.25) is 0 Å². The molecule has 0 fully saturated rings. The summed E-state index contributed by atoms with van der Waals surface area (Å²) in [7, 11) is 0. The second kappa shape index (κ2) is 21.1. The lowest BCUT2D eigenvalue weighted by Gasteiger charge is -2.22. The van der Waals surface area contributed by atoms with Crippen molar-refractivity contribution in [3.05, 3.63) is 302 Å². The molecule has 8 nitrogen and oxygen atoms in total. The van der Waals surface area contributed by atoms with Crippen molar-refractivity contribution in [2.45, 2.75) is 12.8 Å². The molecule has 0 saturated carbocycles. The van der Waals surface area contributed by atoms with Gasteiger partial charge >= 0.3 is 0 Å². The summed E-state index contributed by atoms with van der Waals surface area (Å²) in [6, 6.07) is 103. The van der Waals surface area contributed by atoms with Crippen LogP contribution in [0, 0.1) is 0 Å². The lowest BCUT2D eigenvalue weighted by atomic mass is 9.82. The van der Waals surface area contributed by atoms with Crippen LogP contribution in [0.25, 0.3) is 157 Å². The summed E-state index contributed by atoms with van der Waals surface area (Å²) in [6.45, 7) is 0. The fourth-order valence-electron chi connectivity index (χ4n) is 13.1. The SMILES string of the molecule is c1ccc(-c2nc(-c3ccccc3)nc(-c3cc(-c4ccc5c(c4)CCc4cc(-c6cc(-c7nc(-c8ccccc8)nc(-c8ccccc8)n7)cc(-n7c8ccccc8c8ccccc87)c6)ccc4-5)cc(-n4c5ccccc5c5ccccc54)c3)n2)cc1. The van der Waals surface area contributed by atoms with Gasteiger partial charge in [0.15, 0.2) is 34.9 Å². The largest absolute Gasteiger partial charge is 0.309 e. The number of nitrogens with zero attached hydrogens (tertiary/aromatic N) is 8. The van der Waals surface area contributed by atoms with E-state index in [9.17, 15) is 0 Å². The van der Waals surface area contributed by atoms with Crippen LogP contribution in [-0.4, -0.2) is 39.0 Å². The van der Waals surface area contributed by atoms with Gasteiger partial charge in [-0.25, -0.2) is 29.9 Å². The van der Waals surface area contributed by atoms with Gasteiger partial charge < -0.3 is 9.13 Å². The summed E-state index contributed by atoms with van der Waals surface area (Å²) in [6.07, 6.45) is 1.77. The van der Waals surface area contributed by atoms with E-state index < -0.39 is 0 Å². The Morgan fingerprint density at radius 2 is 0.466 bits per heavy atom. The highest BCUT2D eigenvalue weighted by molar-refractivity contribution is 6.10. The molecule has 0 bridgehead atoms. The van der Waals surface area contributed by atoms with Crippen LogP contribution >= 0.6 is 0 Å². The zero-order chi connectivity index (χ0) is 58.1. The average molecular weight is 1130 g/mol. The van der Waals surface area contributed by atoms with Gasteiger partial charge in [0.25, 0.3) is 0 Å². The van der Waals surface area contributed by atoms with Crippen LogP contribution in [0.5, 0.6) is 0 Å². The molecule has 4 aromatic heterocycles. The maximum Gasteiger partial charge on any atom is 0.164 e. The highest BCUT2D eigenvalue weighted by Gasteiger charge is 2.23. The number of aromatic nitrogens is 8. The molecule has 12 aromatic carbocycles. The number of aryl methyl sites for hydroxylation is 2. The molecule has 412 valence electrons. The Bertz CT molecular complexity index is 4820. The summed E-state index contributed by atoms with van der Waals surface area (Å²) < 4.78 is 4.77. The number of benzene rings is 12. The van der Waals surface area contributed by atoms with Crippen molar-refractivity contribution < 1.29 is 0 Å². The standard InChI is InChI=1S/C80H52N8/c1-5-21-51(22-6-1)75-81-76(52-23-7-2-8-24-52)84-79(83-75)61-45-59(47-63(49-61)87-71-33-17-13-29-67(71)68-30-14-18-34-72(68)87)55-39-41-65-57(43-55)37-38-58-44-56(40-42-66(58)65)60-46-62(50-64(48-60)88-73-35-19-15-31-69(73)70-32-16-20-36-74(70)88)80-85-77(53-25-9-3-10-26-53)82-78(86-80)54-27-11-4-12-28-54/h1-36,39-50H,37-38H2. The van der Waals surface area contributed by atoms with E-state index in [1.165, 1.54) is 43.8 Å². The molecular formula is C80H52N8. The van der Waals surface area contributed by atoms with Gasteiger partial charge in [0, 0.05) is 66.3 Å². The highest BCUT2D eigenvalue weighted by Crippen LogP contribution is 2.43. The smallest absolute Gasteiger partial charge is 0.164 e. The number of hydrogen-bond acceptors (Lipinski definition) is 6. The zero-order valence-electron chi connectivity index (χ0n) is 47.7. The van der Waals surface area contributed by atoms with Gasteiger partial charge in [-0.1, -0.05) is 231 Å². The molecule has 16 aromatic rings. The Morgan fingerprint density at radius 3 is 0.773 bits per heavy atom. The van der Waals surface area contributed by atoms with Crippen molar-refractivity contribution in [3.8, 4) is 113 Å². The molecule has 88 heavy (non-hydrogen) atoms. The summed E-state index contributed by atoms with van der Waals surface area (Å²) >= 11 is 0. The van der Waals surface area contributed by atoms with Crippen LogP contribution in [0.2, 0.25) is 0 Å². The van der Waals surface area contributed by atoms with Crippen molar-refractivity contribution in [1.82, 2.24) is 39.0 Å². The van der Waals surface area contributed by atoms with Crippen molar-refractivity contribution in [2.24, 2.45) is 0 Å². The van der Waals surface area contributed by atoms with Gasteiger partial charge in [0.1, 0.15) is 0 Å². The molecule has 17 rings (SSSR count). The van der Waals surface area contributed by atoms with Crippen LogP contribution in [-0.2, 0) is 12.8 Å². The van der Waals surface area contributed by atoms with Gasteiger partial charge in [-0.2, -0.15) is 0 Å². The maximum atomic E-state index is 5.26. The number of para-hydroxylation sites is 4. The minimum atomic E-state index is 0.606. The monoisotopic (exact) mass is 1120 g/mol. The van der Waals surface area contributed by atoms with E-state index in [1.807, 2.05) is 72.8 Å². The molecule has 0 unspecified atom stereocenters. The second-order valence-electron chi connectivity index (χ2n) is 22.6. The Hall–Kier alpha value is -11.7. The molecule has 4 heterocycles. The predicted octanol–water partition coefficient (Wildman–Crippen LogP) is 19.4. The van der Waals surface area contributed by atoms with Crippen LogP contribution < -0.4 is 0 Å². The van der Waals surface area contributed by atoms with E-state index in [2.05, 4.69) is 228 Å². The fourth-order valence-corrected chi connectivity index (χ4v) is 13.1. The van der Waals surface area contributed by atoms with Crippen molar-refractivity contribution in [3.63, 3.8) is 0 Å². The molecule has 0 atom stereocenters. The third-order valence-corrected chi connectivity index (χ3v) is 17.3. The summed E-state index contributed by atoms with van der Waals surface area (Å²) in [5.74, 6) is 3.70. The number of hydrogen-bond donors (Lipinski definition) is 0.